The summed E-state index contributed by atoms with van der Waals surface area (Å²) in [4.78, 5) is 4.59. The lowest BCUT2D eigenvalue weighted by Gasteiger charge is -2.41. The van der Waals surface area contributed by atoms with Gasteiger partial charge in [-0.2, -0.15) is 0 Å². The van der Waals surface area contributed by atoms with Crippen molar-refractivity contribution in [3.63, 3.8) is 0 Å². The van der Waals surface area contributed by atoms with Gasteiger partial charge in [-0.15, -0.1) is 0 Å². The molecule has 1 N–H and O–H groups in total. The van der Waals surface area contributed by atoms with Gasteiger partial charge in [0, 0.05) is 37.9 Å². The van der Waals surface area contributed by atoms with Crippen LogP contribution in [0.2, 0.25) is 0 Å². The molecule has 0 radical (unpaired) electrons. The zero-order valence-corrected chi connectivity index (χ0v) is 12.1. The molecule has 3 heterocycles. The number of aromatic nitrogens is 2. The molecule has 1 saturated heterocycles. The highest BCUT2D eigenvalue weighted by Crippen LogP contribution is 2.38. The molecule has 1 atom stereocenters. The van der Waals surface area contributed by atoms with Gasteiger partial charge in [-0.05, 0) is 25.7 Å². The minimum Gasteiger partial charge on any atom is -0.375 e. The molecule has 1 fully saturated rings. The normalized spacial score (nSPS) is 26.1. The zero-order chi connectivity index (χ0) is 13.3. The van der Waals surface area contributed by atoms with E-state index in [-0.39, 0.29) is 5.60 Å². The third-order valence-electron chi connectivity index (χ3n) is 4.96. The summed E-state index contributed by atoms with van der Waals surface area (Å²) in [6.07, 6.45) is 7.65. The number of imidazole rings is 1. The van der Waals surface area contributed by atoms with Crippen LogP contribution in [-0.4, -0.2) is 28.3 Å². The van der Waals surface area contributed by atoms with Crippen LogP contribution in [0.25, 0.3) is 0 Å². The molecule has 1 aromatic rings. The monoisotopic (exact) mass is 263 g/mol. The van der Waals surface area contributed by atoms with Crippen molar-refractivity contribution in [2.75, 3.05) is 13.2 Å². The van der Waals surface area contributed by atoms with Crippen LogP contribution in [0.1, 0.15) is 57.0 Å². The molecule has 106 valence electrons. The molecule has 2 aliphatic heterocycles. The SMILES string of the molecule is CCC1(CC)CC(n2cnc3c2CCNC3)CCO1. The molecular weight excluding hydrogens is 238 g/mol. The van der Waals surface area contributed by atoms with Gasteiger partial charge in [0.1, 0.15) is 0 Å². The highest BCUT2D eigenvalue weighted by molar-refractivity contribution is 5.17. The first-order chi connectivity index (χ1) is 9.28. The summed E-state index contributed by atoms with van der Waals surface area (Å²) in [6.45, 7) is 7.39. The third kappa shape index (κ3) is 2.32. The van der Waals surface area contributed by atoms with Gasteiger partial charge in [0.05, 0.1) is 17.6 Å². The van der Waals surface area contributed by atoms with E-state index in [1.54, 1.807) is 0 Å². The van der Waals surface area contributed by atoms with Gasteiger partial charge in [0.25, 0.3) is 0 Å². The topological polar surface area (TPSA) is 39.1 Å². The Morgan fingerprint density at radius 3 is 3.11 bits per heavy atom. The predicted molar refractivity (Wildman–Crippen MR) is 75.2 cm³/mol. The second kappa shape index (κ2) is 5.25. The van der Waals surface area contributed by atoms with Crippen molar-refractivity contribution >= 4 is 0 Å². The minimum atomic E-state index is 0.0903. The molecule has 0 spiro atoms. The van der Waals surface area contributed by atoms with Crippen LogP contribution in [-0.2, 0) is 17.7 Å². The highest BCUT2D eigenvalue weighted by atomic mass is 16.5. The van der Waals surface area contributed by atoms with Crippen LogP contribution in [0.5, 0.6) is 0 Å². The fourth-order valence-electron chi connectivity index (χ4n) is 3.56. The average Bonchev–Trinajstić information content (AvgIpc) is 2.91. The van der Waals surface area contributed by atoms with E-state index >= 15 is 0 Å². The Kier molecular flexibility index (Phi) is 3.63. The Morgan fingerprint density at radius 1 is 1.47 bits per heavy atom. The first kappa shape index (κ1) is 13.1. The zero-order valence-electron chi connectivity index (χ0n) is 12.1. The lowest BCUT2D eigenvalue weighted by atomic mass is 9.85. The highest BCUT2D eigenvalue weighted by Gasteiger charge is 2.36. The Balaban J connectivity index is 1.84. The molecule has 19 heavy (non-hydrogen) atoms. The molecule has 4 nitrogen and oxygen atoms in total. The summed E-state index contributed by atoms with van der Waals surface area (Å²) in [5.74, 6) is 0. The molecule has 0 bridgehead atoms. The fourth-order valence-corrected chi connectivity index (χ4v) is 3.56. The van der Waals surface area contributed by atoms with Crippen molar-refractivity contribution in [3.8, 4) is 0 Å². The van der Waals surface area contributed by atoms with Crippen molar-refractivity contribution in [2.45, 2.75) is 64.1 Å². The summed E-state index contributed by atoms with van der Waals surface area (Å²) < 4.78 is 8.53. The average molecular weight is 263 g/mol. The first-order valence-electron chi connectivity index (χ1n) is 7.67. The van der Waals surface area contributed by atoms with Gasteiger partial charge in [0.2, 0.25) is 0 Å². The molecule has 3 rings (SSSR count). The van der Waals surface area contributed by atoms with Gasteiger partial charge in [-0.25, -0.2) is 4.98 Å². The lowest BCUT2D eigenvalue weighted by Crippen LogP contribution is -2.40. The van der Waals surface area contributed by atoms with E-state index in [0.717, 1.165) is 51.8 Å². The van der Waals surface area contributed by atoms with Crippen LogP contribution in [0.15, 0.2) is 6.33 Å². The largest absolute Gasteiger partial charge is 0.375 e. The second-order valence-corrected chi connectivity index (χ2v) is 5.86. The van der Waals surface area contributed by atoms with E-state index < -0.39 is 0 Å². The van der Waals surface area contributed by atoms with Gasteiger partial charge >= 0.3 is 0 Å². The van der Waals surface area contributed by atoms with Gasteiger partial charge in [-0.1, -0.05) is 13.8 Å². The summed E-state index contributed by atoms with van der Waals surface area (Å²) in [5, 5.41) is 3.40. The van der Waals surface area contributed by atoms with E-state index in [0.29, 0.717) is 6.04 Å². The molecule has 0 aromatic carbocycles. The van der Waals surface area contributed by atoms with Gasteiger partial charge in [0.15, 0.2) is 0 Å². The summed E-state index contributed by atoms with van der Waals surface area (Å²) in [7, 11) is 0. The molecule has 0 aliphatic carbocycles. The maximum atomic E-state index is 6.09. The van der Waals surface area contributed by atoms with Crippen molar-refractivity contribution in [3.05, 3.63) is 17.7 Å². The number of hydrogen-bond donors (Lipinski definition) is 1. The minimum absolute atomic E-state index is 0.0903. The number of nitrogens with one attached hydrogen (secondary N) is 1. The Morgan fingerprint density at radius 2 is 2.32 bits per heavy atom. The quantitative estimate of drug-likeness (QED) is 0.910. The Bertz CT molecular complexity index is 437. The molecule has 0 saturated carbocycles. The number of rotatable bonds is 3. The molecular formula is C15H25N3O. The van der Waals surface area contributed by atoms with Crippen LogP contribution in [0.3, 0.4) is 0 Å². The van der Waals surface area contributed by atoms with Crippen LogP contribution in [0.4, 0.5) is 0 Å². The van der Waals surface area contributed by atoms with Crippen molar-refractivity contribution in [1.29, 1.82) is 0 Å². The number of hydrogen-bond acceptors (Lipinski definition) is 3. The van der Waals surface area contributed by atoms with Crippen molar-refractivity contribution < 1.29 is 4.74 Å². The third-order valence-corrected chi connectivity index (χ3v) is 4.96. The fraction of sp³-hybridized carbons (Fsp3) is 0.800. The maximum absolute atomic E-state index is 6.09. The van der Waals surface area contributed by atoms with E-state index in [1.807, 2.05) is 0 Å². The first-order valence-corrected chi connectivity index (χ1v) is 7.67. The standard InChI is InChI=1S/C15H25N3O/c1-3-15(4-2)9-12(6-8-19-15)18-11-17-13-10-16-7-5-14(13)18/h11-12,16H,3-10H2,1-2H3. The Labute approximate surface area is 115 Å². The van der Waals surface area contributed by atoms with Gasteiger partial charge in [-0.3, -0.25) is 0 Å². The van der Waals surface area contributed by atoms with Crippen molar-refractivity contribution in [1.82, 2.24) is 14.9 Å². The van der Waals surface area contributed by atoms with Crippen molar-refractivity contribution in [2.24, 2.45) is 0 Å². The predicted octanol–water partition coefficient (Wildman–Crippen LogP) is 2.44. The number of ether oxygens (including phenoxy) is 1. The van der Waals surface area contributed by atoms with E-state index in [4.69, 9.17) is 4.74 Å². The molecule has 2 aliphatic rings. The van der Waals surface area contributed by atoms with E-state index in [2.05, 4.69) is 35.0 Å². The van der Waals surface area contributed by atoms with Gasteiger partial charge < -0.3 is 14.6 Å². The molecule has 1 unspecified atom stereocenters. The number of fused-ring (bicyclic) bond motifs is 1. The molecule has 0 amide bonds. The summed E-state index contributed by atoms with van der Waals surface area (Å²) in [6, 6.07) is 0.572. The summed E-state index contributed by atoms with van der Waals surface area (Å²) >= 11 is 0. The molecule has 1 aromatic heterocycles. The van der Waals surface area contributed by atoms with E-state index in [1.165, 1.54) is 11.4 Å². The number of nitrogens with zero attached hydrogens (tertiary/aromatic N) is 2. The second-order valence-electron chi connectivity index (χ2n) is 5.86. The Hall–Kier alpha value is -0.870. The van der Waals surface area contributed by atoms with Crippen LogP contribution in [0, 0.1) is 0 Å². The summed E-state index contributed by atoms with van der Waals surface area (Å²) in [5.41, 5.74) is 2.79. The smallest absolute Gasteiger partial charge is 0.0954 e. The van der Waals surface area contributed by atoms with E-state index in [9.17, 15) is 0 Å². The molecule has 4 heteroatoms. The van der Waals surface area contributed by atoms with Crippen LogP contribution >= 0.6 is 0 Å². The lowest BCUT2D eigenvalue weighted by molar-refractivity contribution is -0.0990. The maximum Gasteiger partial charge on any atom is 0.0954 e. The van der Waals surface area contributed by atoms with Crippen LogP contribution < -0.4 is 5.32 Å².